The Hall–Kier alpha value is -1.47. The molecule has 0 atom stereocenters. The zero-order valence-electron chi connectivity index (χ0n) is 15.9. The van der Waals surface area contributed by atoms with Crippen LogP contribution in [-0.4, -0.2) is 36.2 Å². The van der Waals surface area contributed by atoms with Crippen molar-refractivity contribution in [2.24, 2.45) is 0 Å². The van der Waals surface area contributed by atoms with Gasteiger partial charge in [0.15, 0.2) is 0 Å². The van der Waals surface area contributed by atoms with Crippen LogP contribution >= 0.6 is 0 Å². The van der Waals surface area contributed by atoms with Crippen LogP contribution in [0.4, 0.5) is 0 Å². The number of hydrogen-bond acceptors (Lipinski definition) is 4. The summed E-state index contributed by atoms with van der Waals surface area (Å²) in [5.41, 5.74) is 0. The molecule has 0 radical (unpaired) electrons. The van der Waals surface area contributed by atoms with E-state index in [2.05, 4.69) is 45.0 Å². The molecule has 2 rings (SSSR count). The molecule has 0 aliphatic carbocycles. The predicted octanol–water partition coefficient (Wildman–Crippen LogP) is 2.93. The van der Waals surface area contributed by atoms with Crippen molar-refractivity contribution in [2.75, 3.05) is 19.5 Å². The topological polar surface area (TPSA) is 52.6 Å². The van der Waals surface area contributed by atoms with E-state index in [9.17, 15) is 8.42 Å². The molecule has 0 N–H and O–H groups in total. The summed E-state index contributed by atoms with van der Waals surface area (Å²) in [6.45, 7) is 7.23. The van der Waals surface area contributed by atoms with E-state index in [1.807, 2.05) is 36.4 Å². The molecule has 4 nitrogen and oxygen atoms in total. The Kier molecular flexibility index (Phi) is 6.79. The number of rotatable bonds is 8. The summed E-state index contributed by atoms with van der Waals surface area (Å²) < 4.78 is 33.8. The Morgan fingerprint density at radius 3 is 1.69 bits per heavy atom. The normalized spacial score (nSPS) is 12.9. The van der Waals surface area contributed by atoms with Crippen molar-refractivity contribution in [3.05, 3.63) is 60.7 Å². The van der Waals surface area contributed by atoms with Crippen molar-refractivity contribution in [1.29, 1.82) is 0 Å². The van der Waals surface area contributed by atoms with Gasteiger partial charge >= 0.3 is 0 Å². The number of benzene rings is 2. The van der Waals surface area contributed by atoms with Gasteiger partial charge in [-0.1, -0.05) is 81.4 Å². The van der Waals surface area contributed by atoms with E-state index >= 15 is 0 Å². The van der Waals surface area contributed by atoms with Crippen molar-refractivity contribution < 1.29 is 17.0 Å². The minimum atomic E-state index is -3.42. The third-order valence-electron chi connectivity index (χ3n) is 4.32. The van der Waals surface area contributed by atoms with E-state index in [1.165, 1.54) is 10.4 Å². The monoisotopic (exact) mass is 392 g/mol. The standard InChI is InChI=1S/C20H28O4SSi/c1-20(2,3)26(18-12-7-5-8-13-18,19-14-9-6-10-15-19)24-17-11-16-23-25(4,21)22/h5-10,12-15H,11,16-17H2,1-4H3. The Balaban J connectivity index is 2.35. The lowest BCUT2D eigenvalue weighted by Crippen LogP contribution is -2.66. The summed E-state index contributed by atoms with van der Waals surface area (Å²) in [7, 11) is -5.97. The molecule has 0 spiro atoms. The van der Waals surface area contributed by atoms with E-state index in [0.29, 0.717) is 13.0 Å². The second-order valence-electron chi connectivity index (χ2n) is 7.39. The first-order chi connectivity index (χ1) is 12.2. The van der Waals surface area contributed by atoms with Crippen LogP contribution in [0.3, 0.4) is 0 Å². The van der Waals surface area contributed by atoms with E-state index in [4.69, 9.17) is 8.61 Å². The van der Waals surface area contributed by atoms with Crippen molar-refractivity contribution in [3.63, 3.8) is 0 Å². The summed E-state index contributed by atoms with van der Waals surface area (Å²) in [6, 6.07) is 20.7. The third kappa shape index (κ3) is 5.04. The second kappa shape index (κ2) is 8.48. The zero-order valence-corrected chi connectivity index (χ0v) is 17.8. The maximum atomic E-state index is 11.1. The fourth-order valence-electron chi connectivity index (χ4n) is 3.26. The van der Waals surface area contributed by atoms with Gasteiger partial charge in [-0.2, -0.15) is 8.42 Å². The van der Waals surface area contributed by atoms with Crippen LogP contribution in [0.5, 0.6) is 0 Å². The highest BCUT2D eigenvalue weighted by Gasteiger charge is 2.49. The van der Waals surface area contributed by atoms with Gasteiger partial charge in [0.05, 0.1) is 12.9 Å². The minimum absolute atomic E-state index is 0.0899. The first kappa shape index (κ1) is 20.8. The molecule has 6 heteroatoms. The molecule has 0 saturated heterocycles. The molecule has 0 amide bonds. The molecule has 26 heavy (non-hydrogen) atoms. The Morgan fingerprint density at radius 1 is 0.846 bits per heavy atom. The molecule has 2 aromatic carbocycles. The Labute approximate surface area is 158 Å². The molecule has 0 fully saturated rings. The molecule has 0 bridgehead atoms. The van der Waals surface area contributed by atoms with Gasteiger partial charge in [-0.15, -0.1) is 0 Å². The quantitative estimate of drug-likeness (QED) is 0.394. The van der Waals surface area contributed by atoms with Gasteiger partial charge in [0.25, 0.3) is 18.4 Å². The largest absolute Gasteiger partial charge is 0.407 e. The summed E-state index contributed by atoms with van der Waals surface area (Å²) in [4.78, 5) is 0. The molecule has 0 saturated carbocycles. The third-order valence-corrected chi connectivity index (χ3v) is 9.96. The Morgan fingerprint density at radius 2 is 1.31 bits per heavy atom. The van der Waals surface area contributed by atoms with Crippen molar-refractivity contribution in [2.45, 2.75) is 32.2 Å². The molecule has 2 aromatic rings. The number of hydrogen-bond donors (Lipinski definition) is 0. The van der Waals surface area contributed by atoms with Gasteiger partial charge in [-0.3, -0.25) is 4.18 Å². The fourth-order valence-corrected chi connectivity index (χ4v) is 8.28. The predicted molar refractivity (Wildman–Crippen MR) is 109 cm³/mol. The zero-order chi connectivity index (χ0) is 19.3. The van der Waals surface area contributed by atoms with Crippen LogP contribution in [0.25, 0.3) is 0 Å². The molecule has 142 valence electrons. The van der Waals surface area contributed by atoms with Gasteiger partial charge in [-0.05, 0) is 21.8 Å². The summed E-state index contributed by atoms with van der Waals surface area (Å²) in [6.07, 6.45) is 1.59. The van der Waals surface area contributed by atoms with Gasteiger partial charge in [0.1, 0.15) is 0 Å². The van der Waals surface area contributed by atoms with Crippen LogP contribution < -0.4 is 10.4 Å². The SMILES string of the molecule is CC(C)(C)[Si](OCCCOS(C)(=O)=O)(c1ccccc1)c1ccccc1. The van der Waals surface area contributed by atoms with E-state index in [0.717, 1.165) is 6.26 Å². The summed E-state index contributed by atoms with van der Waals surface area (Å²) in [5, 5.41) is 2.33. The maximum absolute atomic E-state index is 11.1. The second-order valence-corrected chi connectivity index (χ2v) is 13.3. The lowest BCUT2D eigenvalue weighted by molar-refractivity contribution is 0.242. The lowest BCUT2D eigenvalue weighted by atomic mass is 10.2. The highest BCUT2D eigenvalue weighted by Crippen LogP contribution is 2.36. The highest BCUT2D eigenvalue weighted by atomic mass is 32.2. The van der Waals surface area contributed by atoms with Gasteiger partial charge < -0.3 is 4.43 Å². The van der Waals surface area contributed by atoms with Crippen LogP contribution in [0.15, 0.2) is 60.7 Å². The van der Waals surface area contributed by atoms with Crippen molar-refractivity contribution in [3.8, 4) is 0 Å². The Bertz CT molecular complexity index is 744. The minimum Gasteiger partial charge on any atom is -0.407 e. The van der Waals surface area contributed by atoms with Crippen LogP contribution in [0.1, 0.15) is 27.2 Å². The molecular formula is C20H28O4SSi. The van der Waals surface area contributed by atoms with E-state index < -0.39 is 18.4 Å². The molecule has 0 heterocycles. The van der Waals surface area contributed by atoms with Crippen molar-refractivity contribution >= 4 is 28.8 Å². The average Bonchev–Trinajstić information content (AvgIpc) is 2.57. The van der Waals surface area contributed by atoms with Crippen LogP contribution in [-0.2, 0) is 18.7 Å². The van der Waals surface area contributed by atoms with Crippen LogP contribution in [0, 0.1) is 0 Å². The molecule has 0 aliphatic heterocycles. The first-order valence-electron chi connectivity index (χ1n) is 8.76. The maximum Gasteiger partial charge on any atom is 0.264 e. The molecule has 0 unspecified atom stereocenters. The lowest BCUT2D eigenvalue weighted by Gasteiger charge is -2.43. The van der Waals surface area contributed by atoms with Crippen LogP contribution in [0.2, 0.25) is 5.04 Å². The van der Waals surface area contributed by atoms with Gasteiger partial charge in [0.2, 0.25) is 0 Å². The van der Waals surface area contributed by atoms with Crippen molar-refractivity contribution in [1.82, 2.24) is 0 Å². The molecular weight excluding hydrogens is 364 g/mol. The summed E-state index contributed by atoms with van der Waals surface area (Å²) in [5.74, 6) is 0. The van der Waals surface area contributed by atoms with Gasteiger partial charge in [-0.25, -0.2) is 0 Å². The fraction of sp³-hybridized carbons (Fsp3) is 0.400. The van der Waals surface area contributed by atoms with E-state index in [1.54, 1.807) is 0 Å². The summed E-state index contributed by atoms with van der Waals surface area (Å²) >= 11 is 0. The molecule has 0 aliphatic rings. The smallest absolute Gasteiger partial charge is 0.264 e. The van der Waals surface area contributed by atoms with Gasteiger partial charge in [0, 0.05) is 6.61 Å². The highest BCUT2D eigenvalue weighted by molar-refractivity contribution is 7.85. The first-order valence-corrected chi connectivity index (χ1v) is 12.5. The average molecular weight is 393 g/mol. The van der Waals surface area contributed by atoms with E-state index in [-0.39, 0.29) is 11.6 Å². The molecule has 0 aromatic heterocycles.